The topological polar surface area (TPSA) is 49.7 Å². The Morgan fingerprint density at radius 3 is 2.74 bits per heavy atom. The fourth-order valence-corrected chi connectivity index (χ4v) is 3.99. The van der Waals surface area contributed by atoms with Crippen LogP contribution < -0.4 is 4.90 Å². The first-order chi connectivity index (χ1) is 16.3. The molecule has 5 aromatic rings. The first-order valence-corrected chi connectivity index (χ1v) is 10.5. The Morgan fingerprint density at radius 1 is 1.09 bits per heavy atom. The number of imidazole rings is 1. The highest BCUT2D eigenvalue weighted by Gasteiger charge is 2.30. The van der Waals surface area contributed by atoms with Crippen LogP contribution in [0.25, 0.3) is 33.3 Å². The number of aromatic amines is 1. The van der Waals surface area contributed by atoms with Gasteiger partial charge in [0.2, 0.25) is 0 Å². The van der Waals surface area contributed by atoms with Crippen LogP contribution in [0.5, 0.6) is 0 Å². The SMILES string of the molecule is C=C/C=C(/c1ccc2ncn(-c3ccc4cn[nH]c4c3)c2c1)N(C)c1cccc(C(F)(F)F)c1. The van der Waals surface area contributed by atoms with Crippen LogP contribution in [0.4, 0.5) is 18.9 Å². The van der Waals surface area contributed by atoms with Crippen LogP contribution in [0.3, 0.4) is 0 Å². The lowest BCUT2D eigenvalue weighted by Gasteiger charge is -2.24. The molecule has 0 aliphatic carbocycles. The second kappa shape index (κ2) is 8.22. The van der Waals surface area contributed by atoms with Gasteiger partial charge in [-0.05, 0) is 54.6 Å². The molecule has 0 unspecified atom stereocenters. The number of nitrogens with one attached hydrogen (secondary N) is 1. The smallest absolute Gasteiger partial charge is 0.344 e. The van der Waals surface area contributed by atoms with E-state index in [1.807, 2.05) is 41.0 Å². The molecule has 0 radical (unpaired) electrons. The fraction of sp³-hybridized carbons (Fsp3) is 0.0769. The molecule has 5 nitrogen and oxygen atoms in total. The molecule has 0 fully saturated rings. The predicted octanol–water partition coefficient (Wildman–Crippen LogP) is 6.58. The van der Waals surface area contributed by atoms with Crippen LogP contribution in [0.1, 0.15) is 11.1 Å². The standard InChI is InChI=1S/C26H20F3N5/c1-3-5-24(33(2)20-7-4-6-19(13-20)26(27,28)29)17-9-11-22-25(12-17)34(16-30-22)21-10-8-18-15-31-32-23(18)14-21/h3-16H,1H2,2H3,(H,31,32)/b24-5-. The summed E-state index contributed by atoms with van der Waals surface area (Å²) in [4.78, 5) is 6.23. The van der Waals surface area contributed by atoms with Gasteiger partial charge in [-0.15, -0.1) is 0 Å². The number of benzene rings is 3. The summed E-state index contributed by atoms with van der Waals surface area (Å²) in [6.07, 6.45) is 2.49. The summed E-state index contributed by atoms with van der Waals surface area (Å²) in [6, 6.07) is 17.0. The third-order valence-corrected chi connectivity index (χ3v) is 5.74. The number of hydrogen-bond acceptors (Lipinski definition) is 3. The number of halogens is 3. The number of rotatable bonds is 5. The lowest BCUT2D eigenvalue weighted by molar-refractivity contribution is -0.137. The van der Waals surface area contributed by atoms with Crippen LogP contribution in [-0.4, -0.2) is 26.8 Å². The molecule has 5 rings (SSSR count). The minimum atomic E-state index is -4.42. The number of allylic oxidation sites excluding steroid dienone is 2. The highest BCUT2D eigenvalue weighted by molar-refractivity contribution is 5.87. The lowest BCUT2D eigenvalue weighted by atomic mass is 10.1. The second-order valence-electron chi connectivity index (χ2n) is 7.85. The van der Waals surface area contributed by atoms with E-state index < -0.39 is 11.7 Å². The Balaban J connectivity index is 1.58. The van der Waals surface area contributed by atoms with Crippen molar-refractivity contribution < 1.29 is 13.2 Å². The van der Waals surface area contributed by atoms with Crippen molar-refractivity contribution in [2.75, 3.05) is 11.9 Å². The number of hydrogen-bond donors (Lipinski definition) is 1. The number of nitrogens with zero attached hydrogens (tertiary/aromatic N) is 4. The first-order valence-electron chi connectivity index (χ1n) is 10.5. The van der Waals surface area contributed by atoms with Crippen LogP contribution in [0.2, 0.25) is 0 Å². The van der Waals surface area contributed by atoms with E-state index in [1.54, 1.807) is 42.7 Å². The molecule has 0 atom stereocenters. The van der Waals surface area contributed by atoms with Gasteiger partial charge in [-0.3, -0.25) is 9.67 Å². The number of H-pyrrole nitrogens is 1. The van der Waals surface area contributed by atoms with Crippen molar-refractivity contribution in [3.05, 3.63) is 103 Å². The summed E-state index contributed by atoms with van der Waals surface area (Å²) in [5, 5.41) is 8.05. The molecule has 0 aliphatic rings. The molecule has 0 bridgehead atoms. The first kappa shape index (κ1) is 21.5. The molecule has 0 saturated heterocycles. The maximum Gasteiger partial charge on any atom is 0.416 e. The van der Waals surface area contributed by atoms with Gasteiger partial charge < -0.3 is 4.90 Å². The molecule has 0 saturated carbocycles. The third kappa shape index (κ3) is 3.83. The van der Waals surface area contributed by atoms with Gasteiger partial charge in [-0.1, -0.05) is 24.8 Å². The Kier molecular flexibility index (Phi) is 5.20. The number of alkyl halides is 3. The molecule has 34 heavy (non-hydrogen) atoms. The average molecular weight is 459 g/mol. The maximum atomic E-state index is 13.3. The highest BCUT2D eigenvalue weighted by Crippen LogP contribution is 2.34. The number of aromatic nitrogens is 4. The molecule has 2 heterocycles. The Hall–Kier alpha value is -4.33. The minimum Gasteiger partial charge on any atom is -0.344 e. The molecular weight excluding hydrogens is 439 g/mol. The molecule has 1 N–H and O–H groups in total. The number of anilines is 1. The van der Waals surface area contributed by atoms with E-state index in [4.69, 9.17) is 0 Å². The highest BCUT2D eigenvalue weighted by atomic mass is 19.4. The van der Waals surface area contributed by atoms with E-state index in [0.717, 1.165) is 45.3 Å². The lowest BCUT2D eigenvalue weighted by Crippen LogP contribution is -2.16. The zero-order valence-electron chi connectivity index (χ0n) is 18.2. The van der Waals surface area contributed by atoms with E-state index in [9.17, 15) is 13.2 Å². The van der Waals surface area contributed by atoms with Crippen molar-refractivity contribution >= 4 is 33.3 Å². The zero-order chi connectivity index (χ0) is 23.9. The summed E-state index contributed by atoms with van der Waals surface area (Å²) in [5.74, 6) is 0. The summed E-state index contributed by atoms with van der Waals surface area (Å²) in [7, 11) is 1.73. The van der Waals surface area contributed by atoms with Crippen LogP contribution in [0.15, 0.2) is 91.9 Å². The van der Waals surface area contributed by atoms with Gasteiger partial charge in [0.05, 0.1) is 28.3 Å². The van der Waals surface area contributed by atoms with Crippen LogP contribution >= 0.6 is 0 Å². The van der Waals surface area contributed by atoms with E-state index >= 15 is 0 Å². The molecule has 170 valence electrons. The monoisotopic (exact) mass is 459 g/mol. The van der Waals surface area contributed by atoms with Gasteiger partial charge in [0, 0.05) is 35.1 Å². The van der Waals surface area contributed by atoms with Gasteiger partial charge in [-0.2, -0.15) is 18.3 Å². The molecular formula is C26H20F3N5. The van der Waals surface area contributed by atoms with Gasteiger partial charge in [0.1, 0.15) is 6.33 Å². The normalized spacial score (nSPS) is 12.4. The van der Waals surface area contributed by atoms with E-state index in [1.165, 1.54) is 6.07 Å². The van der Waals surface area contributed by atoms with Gasteiger partial charge in [0.15, 0.2) is 0 Å². The van der Waals surface area contributed by atoms with Crippen LogP contribution in [0, 0.1) is 0 Å². The zero-order valence-corrected chi connectivity index (χ0v) is 18.2. The Morgan fingerprint density at radius 2 is 1.94 bits per heavy atom. The molecule has 0 aliphatic heterocycles. The van der Waals surface area contributed by atoms with Crippen molar-refractivity contribution in [3.63, 3.8) is 0 Å². The third-order valence-electron chi connectivity index (χ3n) is 5.74. The molecule has 0 amide bonds. The van der Waals surface area contributed by atoms with Gasteiger partial charge >= 0.3 is 6.18 Å². The molecule has 8 heteroatoms. The van der Waals surface area contributed by atoms with E-state index in [-0.39, 0.29) is 0 Å². The average Bonchev–Trinajstić information content (AvgIpc) is 3.47. The van der Waals surface area contributed by atoms with Crippen LogP contribution in [-0.2, 0) is 6.18 Å². The second-order valence-corrected chi connectivity index (χ2v) is 7.85. The Bertz CT molecular complexity index is 1540. The van der Waals surface area contributed by atoms with Gasteiger partial charge in [0.25, 0.3) is 0 Å². The Labute approximate surface area is 193 Å². The van der Waals surface area contributed by atoms with E-state index in [0.29, 0.717) is 11.4 Å². The summed E-state index contributed by atoms with van der Waals surface area (Å²) in [5.41, 5.74) is 4.73. The maximum absolute atomic E-state index is 13.3. The van der Waals surface area contributed by atoms with Crippen molar-refractivity contribution in [1.29, 1.82) is 0 Å². The summed E-state index contributed by atoms with van der Waals surface area (Å²) >= 11 is 0. The molecule has 0 spiro atoms. The predicted molar refractivity (Wildman–Crippen MR) is 129 cm³/mol. The molecule has 3 aromatic carbocycles. The van der Waals surface area contributed by atoms with Crippen molar-refractivity contribution in [3.8, 4) is 5.69 Å². The minimum absolute atomic E-state index is 0.418. The van der Waals surface area contributed by atoms with Crippen molar-refractivity contribution in [2.45, 2.75) is 6.18 Å². The number of fused-ring (bicyclic) bond motifs is 2. The van der Waals surface area contributed by atoms with Gasteiger partial charge in [-0.25, -0.2) is 4.98 Å². The fourth-order valence-electron chi connectivity index (χ4n) is 3.99. The summed E-state index contributed by atoms with van der Waals surface area (Å²) < 4.78 is 41.7. The van der Waals surface area contributed by atoms with Crippen molar-refractivity contribution in [1.82, 2.24) is 19.7 Å². The van der Waals surface area contributed by atoms with Crippen molar-refractivity contribution in [2.24, 2.45) is 0 Å². The molecule has 2 aromatic heterocycles. The summed E-state index contributed by atoms with van der Waals surface area (Å²) in [6.45, 7) is 3.79. The largest absolute Gasteiger partial charge is 0.416 e. The quantitative estimate of drug-likeness (QED) is 0.302. The van der Waals surface area contributed by atoms with E-state index in [2.05, 4.69) is 21.8 Å².